The molecule has 0 bridgehead atoms. The fraction of sp³-hybridized carbons (Fsp3) is 0.444. The van der Waals surface area contributed by atoms with E-state index in [9.17, 15) is 9.59 Å². The smallest absolute Gasteiger partial charge is 0.329 e. The van der Waals surface area contributed by atoms with Gasteiger partial charge in [-0.3, -0.25) is 4.79 Å². The van der Waals surface area contributed by atoms with Crippen molar-refractivity contribution in [1.82, 2.24) is 15.3 Å². The van der Waals surface area contributed by atoms with Crippen LogP contribution in [0.2, 0.25) is 0 Å². The highest BCUT2D eigenvalue weighted by molar-refractivity contribution is 6.21. The van der Waals surface area contributed by atoms with Gasteiger partial charge in [0.1, 0.15) is 11.8 Å². The second-order valence-corrected chi connectivity index (χ2v) is 5.84. The van der Waals surface area contributed by atoms with Crippen LogP contribution in [0.5, 0.6) is 6.01 Å². The average Bonchev–Trinajstić information content (AvgIpc) is 2.92. The van der Waals surface area contributed by atoms with E-state index in [2.05, 4.69) is 15.3 Å². The lowest BCUT2D eigenvalue weighted by Crippen LogP contribution is -2.31. The van der Waals surface area contributed by atoms with Crippen LogP contribution in [0.25, 0.3) is 0 Å². The maximum Gasteiger partial charge on any atom is 0.329 e. The molecule has 0 aliphatic carbocycles. The minimum atomic E-state index is -0.504. The highest BCUT2D eigenvalue weighted by Crippen LogP contribution is 2.20. The number of urea groups is 1. The predicted octanol–water partition coefficient (Wildman–Crippen LogP) is 2.58. The van der Waals surface area contributed by atoms with Gasteiger partial charge in [-0.05, 0) is 38.8 Å². The Morgan fingerprint density at radius 3 is 2.50 bits per heavy atom. The molecule has 1 aromatic heterocycles. The lowest BCUT2D eigenvalue weighted by atomic mass is 10.2. The molecule has 1 aliphatic heterocycles. The van der Waals surface area contributed by atoms with Crippen LogP contribution in [0.15, 0.2) is 35.9 Å². The monoisotopic (exact) mass is 360 g/mol. The number of ether oxygens (including phenoxy) is 2. The van der Waals surface area contributed by atoms with Gasteiger partial charge in [0.25, 0.3) is 5.91 Å². The first kappa shape index (κ1) is 19.6. The van der Waals surface area contributed by atoms with Crippen molar-refractivity contribution >= 4 is 17.6 Å². The quantitative estimate of drug-likeness (QED) is 0.435. The molecule has 1 aromatic rings. The molecule has 8 nitrogen and oxygen atoms in total. The zero-order valence-electron chi connectivity index (χ0n) is 15.5. The third-order valence-corrected chi connectivity index (χ3v) is 3.69. The molecule has 1 N–H and O–H groups in total. The van der Waals surface area contributed by atoms with Crippen LogP contribution >= 0.6 is 0 Å². The van der Waals surface area contributed by atoms with Crippen LogP contribution < -0.4 is 15.0 Å². The van der Waals surface area contributed by atoms with E-state index in [0.717, 1.165) is 10.5 Å². The van der Waals surface area contributed by atoms with Gasteiger partial charge in [-0.2, -0.15) is 0 Å². The van der Waals surface area contributed by atoms with Gasteiger partial charge in [0.05, 0.1) is 24.7 Å². The maximum atomic E-state index is 12.2. The van der Waals surface area contributed by atoms with Crippen molar-refractivity contribution in [3.63, 3.8) is 0 Å². The summed E-state index contributed by atoms with van der Waals surface area (Å²) in [6.45, 7) is 8.76. The Bertz CT molecular complexity index is 712. The second kappa shape index (κ2) is 9.10. The molecule has 2 rings (SSSR count). The molecule has 1 fully saturated rings. The number of anilines is 1. The number of carbonyl (C=O) groups excluding carboxylic acids is 2. The van der Waals surface area contributed by atoms with E-state index in [0.29, 0.717) is 31.1 Å². The Hall–Kier alpha value is -2.74. The second-order valence-electron chi connectivity index (χ2n) is 5.84. The van der Waals surface area contributed by atoms with Gasteiger partial charge < -0.3 is 14.8 Å². The number of allylic oxidation sites excluding steroid dienone is 3. The number of carbonyl (C=O) groups is 2. The van der Waals surface area contributed by atoms with Crippen LogP contribution in [0.4, 0.5) is 10.5 Å². The van der Waals surface area contributed by atoms with Crippen molar-refractivity contribution in [3.8, 4) is 6.01 Å². The van der Waals surface area contributed by atoms with Crippen LogP contribution in [-0.2, 0) is 9.53 Å². The van der Waals surface area contributed by atoms with Gasteiger partial charge in [0, 0.05) is 6.61 Å². The third-order valence-electron chi connectivity index (χ3n) is 3.69. The summed E-state index contributed by atoms with van der Waals surface area (Å²) in [6.07, 6.45) is 7.01. The van der Waals surface area contributed by atoms with Crippen LogP contribution in [-0.4, -0.2) is 41.2 Å². The van der Waals surface area contributed by atoms with Crippen LogP contribution in [0.1, 0.15) is 34.1 Å². The van der Waals surface area contributed by atoms with Crippen molar-refractivity contribution in [2.24, 2.45) is 0 Å². The van der Waals surface area contributed by atoms with E-state index in [-0.39, 0.29) is 11.9 Å². The average molecular weight is 360 g/mol. The Labute approximate surface area is 152 Å². The Morgan fingerprint density at radius 2 is 1.92 bits per heavy atom. The predicted molar refractivity (Wildman–Crippen MR) is 96.8 cm³/mol. The first-order chi connectivity index (χ1) is 12.5. The van der Waals surface area contributed by atoms with Crippen LogP contribution in [0.3, 0.4) is 0 Å². The molecule has 3 amide bonds. The van der Waals surface area contributed by atoms with E-state index >= 15 is 0 Å². The molecule has 1 saturated heterocycles. The number of hydrogen-bond acceptors (Lipinski definition) is 6. The van der Waals surface area contributed by atoms with E-state index in [1.165, 1.54) is 12.4 Å². The topological polar surface area (TPSA) is 93.7 Å². The highest BCUT2D eigenvalue weighted by Gasteiger charge is 2.38. The number of rotatable bonds is 8. The molecule has 0 radical (unpaired) electrons. The number of nitrogens with zero attached hydrogens (tertiary/aromatic N) is 3. The van der Waals surface area contributed by atoms with Gasteiger partial charge in [-0.25, -0.2) is 19.7 Å². The number of nitrogens with one attached hydrogen (secondary N) is 1. The van der Waals surface area contributed by atoms with E-state index < -0.39 is 12.1 Å². The van der Waals surface area contributed by atoms with Crippen LogP contribution in [0, 0.1) is 0 Å². The molecular weight excluding hydrogens is 336 g/mol. The largest absolute Gasteiger partial charge is 0.429 e. The number of hydrogen-bond donors (Lipinski definition) is 1. The maximum absolute atomic E-state index is 12.2. The van der Waals surface area contributed by atoms with Crippen molar-refractivity contribution in [1.29, 1.82) is 0 Å². The summed E-state index contributed by atoms with van der Waals surface area (Å²) in [6, 6.07) is -0.835. The molecule has 8 heteroatoms. The molecule has 0 spiro atoms. The number of imide groups is 1. The SMILES string of the molecule is CCOC/C(C)=C\C=C(/C)Oc1ncc(N2C(=O)N[C@H](CC)C2=O)cn1. The molecule has 1 atom stereocenters. The van der Waals surface area contributed by atoms with Crippen molar-refractivity contribution < 1.29 is 19.1 Å². The van der Waals surface area contributed by atoms with E-state index in [1.54, 1.807) is 13.0 Å². The molecule has 26 heavy (non-hydrogen) atoms. The first-order valence-corrected chi connectivity index (χ1v) is 8.52. The summed E-state index contributed by atoms with van der Waals surface area (Å²) in [7, 11) is 0. The lowest BCUT2D eigenvalue weighted by molar-refractivity contribution is -0.118. The molecular formula is C18H24N4O4. The molecule has 1 aliphatic rings. The Kier molecular flexibility index (Phi) is 6.85. The van der Waals surface area contributed by atoms with Gasteiger partial charge in [-0.15, -0.1) is 0 Å². The summed E-state index contributed by atoms with van der Waals surface area (Å²) in [5, 5.41) is 2.62. The third kappa shape index (κ3) is 4.89. The minimum Gasteiger partial charge on any atom is -0.429 e. The van der Waals surface area contributed by atoms with E-state index in [1.807, 2.05) is 26.8 Å². The normalized spacial score (nSPS) is 18.3. The van der Waals surface area contributed by atoms with Gasteiger partial charge in [-0.1, -0.05) is 13.0 Å². The summed E-state index contributed by atoms with van der Waals surface area (Å²) < 4.78 is 10.8. The standard InChI is InChI=1S/C18H24N4O4/c1-5-15-16(23)22(18(24)21-15)14-9-19-17(20-10-14)26-13(4)8-7-12(3)11-25-6-2/h7-10,15H,5-6,11H2,1-4H3,(H,21,24)/b12-7-,13-8+/t15-/m1/s1. The fourth-order valence-electron chi connectivity index (χ4n) is 2.28. The Morgan fingerprint density at radius 1 is 1.23 bits per heavy atom. The zero-order valence-corrected chi connectivity index (χ0v) is 15.5. The fourth-order valence-corrected chi connectivity index (χ4v) is 2.28. The van der Waals surface area contributed by atoms with Crippen molar-refractivity contribution in [2.45, 2.75) is 40.2 Å². The summed E-state index contributed by atoms with van der Waals surface area (Å²) in [5.74, 6) is 0.301. The summed E-state index contributed by atoms with van der Waals surface area (Å²) in [5.41, 5.74) is 1.37. The summed E-state index contributed by atoms with van der Waals surface area (Å²) >= 11 is 0. The molecule has 0 unspecified atom stereocenters. The molecule has 140 valence electrons. The molecule has 0 aromatic carbocycles. The van der Waals surface area contributed by atoms with E-state index in [4.69, 9.17) is 9.47 Å². The lowest BCUT2D eigenvalue weighted by Gasteiger charge is -2.12. The summed E-state index contributed by atoms with van der Waals surface area (Å²) in [4.78, 5) is 33.3. The highest BCUT2D eigenvalue weighted by atomic mass is 16.5. The van der Waals surface area contributed by atoms with Crippen molar-refractivity contribution in [3.05, 3.63) is 35.9 Å². The van der Waals surface area contributed by atoms with Gasteiger partial charge >= 0.3 is 12.0 Å². The van der Waals surface area contributed by atoms with Gasteiger partial charge in [0.2, 0.25) is 0 Å². The molecule has 0 saturated carbocycles. The van der Waals surface area contributed by atoms with Crippen molar-refractivity contribution in [2.75, 3.05) is 18.1 Å². The molecule has 2 heterocycles. The minimum absolute atomic E-state index is 0.137. The van der Waals surface area contributed by atoms with Gasteiger partial charge in [0.15, 0.2) is 0 Å². The number of amides is 3. The Balaban J connectivity index is 2.01. The number of aromatic nitrogens is 2. The zero-order chi connectivity index (χ0) is 19.1. The first-order valence-electron chi connectivity index (χ1n) is 8.52.